The van der Waals surface area contributed by atoms with Gasteiger partial charge in [0.05, 0.1) is 17.1 Å². The lowest BCUT2D eigenvalue weighted by Crippen LogP contribution is -2.14. The Morgan fingerprint density at radius 3 is 2.66 bits per heavy atom. The van der Waals surface area contributed by atoms with Gasteiger partial charge in [0.25, 0.3) is 0 Å². The number of benzene rings is 1. The Balaban J connectivity index is 1.88. The summed E-state index contributed by atoms with van der Waals surface area (Å²) in [4.78, 5) is 28.7. The fourth-order valence-corrected chi connectivity index (χ4v) is 3.84. The van der Waals surface area contributed by atoms with Crippen LogP contribution in [0.5, 0.6) is 0 Å². The van der Waals surface area contributed by atoms with Crippen LogP contribution in [-0.2, 0) is 7.05 Å². The highest BCUT2D eigenvalue weighted by Crippen LogP contribution is 2.32. The van der Waals surface area contributed by atoms with Crippen LogP contribution in [0, 0.1) is 13.8 Å². The van der Waals surface area contributed by atoms with Gasteiger partial charge in [-0.15, -0.1) is 0 Å². The molecule has 0 aliphatic rings. The topological polar surface area (TPSA) is 110 Å². The monoisotopic (exact) mass is 452 g/mol. The quantitative estimate of drug-likeness (QED) is 0.421. The minimum absolute atomic E-state index is 0.0862. The maximum absolute atomic E-state index is 13.2. The zero-order valence-corrected chi connectivity index (χ0v) is 18.7. The fraction of sp³-hybridized carbons (Fsp3) is 0.217. The summed E-state index contributed by atoms with van der Waals surface area (Å²) in [6.07, 6.45) is 1.78. The zero-order chi connectivity index (χ0) is 23.2. The van der Waals surface area contributed by atoms with Crippen LogP contribution in [0.3, 0.4) is 0 Å². The van der Waals surface area contributed by atoms with Gasteiger partial charge in [-0.1, -0.05) is 17.7 Å². The van der Waals surface area contributed by atoms with Gasteiger partial charge in [-0.25, -0.2) is 9.78 Å². The molecule has 0 aliphatic carbocycles. The predicted molar refractivity (Wildman–Crippen MR) is 122 cm³/mol. The average Bonchev–Trinajstić information content (AvgIpc) is 3.17. The molecule has 1 atom stereocenters. The van der Waals surface area contributed by atoms with Crippen LogP contribution in [-0.4, -0.2) is 25.8 Å². The Morgan fingerprint density at radius 2 is 2.00 bits per heavy atom. The number of fused-ring (bicyclic) bond motifs is 1. The maximum atomic E-state index is 13.2. The number of rotatable bonds is 5. The molecular formula is C23H21ClN4O4. The number of pyridine rings is 1. The molecule has 1 aromatic carbocycles. The van der Waals surface area contributed by atoms with Crippen LogP contribution in [0.15, 0.2) is 45.7 Å². The van der Waals surface area contributed by atoms with Crippen molar-refractivity contribution in [2.75, 3.05) is 5.32 Å². The van der Waals surface area contributed by atoms with E-state index in [9.17, 15) is 14.7 Å². The Labute approximate surface area is 188 Å². The zero-order valence-electron chi connectivity index (χ0n) is 17.9. The third-order valence-corrected chi connectivity index (χ3v) is 5.45. The summed E-state index contributed by atoms with van der Waals surface area (Å²) < 4.78 is 7.88. The summed E-state index contributed by atoms with van der Waals surface area (Å²) in [6, 6.07) is 8.16. The summed E-state index contributed by atoms with van der Waals surface area (Å²) in [6.45, 7) is 5.47. The molecule has 3 heterocycles. The van der Waals surface area contributed by atoms with Gasteiger partial charge in [0, 0.05) is 24.4 Å². The predicted octanol–water partition coefficient (Wildman–Crippen LogP) is 4.73. The van der Waals surface area contributed by atoms with E-state index in [2.05, 4.69) is 15.4 Å². The van der Waals surface area contributed by atoms with Gasteiger partial charge in [-0.2, -0.15) is 5.10 Å². The van der Waals surface area contributed by atoms with Crippen LogP contribution >= 0.6 is 11.6 Å². The van der Waals surface area contributed by atoms with E-state index in [0.717, 1.165) is 5.56 Å². The van der Waals surface area contributed by atoms with E-state index in [1.165, 1.54) is 6.07 Å². The molecule has 0 fully saturated rings. The summed E-state index contributed by atoms with van der Waals surface area (Å²) in [5.41, 5.74) is 3.03. The lowest BCUT2D eigenvalue weighted by molar-refractivity contribution is 0.0691. The highest BCUT2D eigenvalue weighted by molar-refractivity contribution is 6.29. The molecule has 32 heavy (non-hydrogen) atoms. The van der Waals surface area contributed by atoms with Crippen molar-refractivity contribution in [2.24, 2.45) is 7.05 Å². The van der Waals surface area contributed by atoms with Crippen molar-refractivity contribution in [3.63, 3.8) is 0 Å². The van der Waals surface area contributed by atoms with E-state index >= 15 is 0 Å². The molecule has 3 aromatic heterocycles. The Bertz CT molecular complexity index is 1420. The first-order valence-electron chi connectivity index (χ1n) is 9.90. The summed E-state index contributed by atoms with van der Waals surface area (Å²) in [5, 5.41) is 17.6. The van der Waals surface area contributed by atoms with E-state index in [4.69, 9.17) is 16.0 Å². The number of aromatic nitrogens is 3. The van der Waals surface area contributed by atoms with E-state index < -0.39 is 12.0 Å². The molecule has 1 unspecified atom stereocenters. The van der Waals surface area contributed by atoms with Gasteiger partial charge in [0.2, 0.25) is 0 Å². The SMILES string of the molecule is Cc1cc(C(C)Nc2ccc(Cl)nc2C(=O)O)c2oc(-c3ccn(C)n3)c(C)c(=O)c2c1. The fourth-order valence-electron chi connectivity index (χ4n) is 3.70. The number of aromatic carboxylic acids is 1. The number of anilines is 1. The van der Waals surface area contributed by atoms with Crippen LogP contribution < -0.4 is 10.7 Å². The number of hydrogen-bond donors (Lipinski definition) is 2. The number of hydrogen-bond acceptors (Lipinski definition) is 6. The first-order chi connectivity index (χ1) is 15.2. The number of halogens is 1. The summed E-state index contributed by atoms with van der Waals surface area (Å²) >= 11 is 5.86. The molecule has 0 bridgehead atoms. The van der Waals surface area contributed by atoms with E-state index in [0.29, 0.717) is 39.2 Å². The van der Waals surface area contributed by atoms with Crippen molar-refractivity contribution in [2.45, 2.75) is 26.8 Å². The smallest absolute Gasteiger partial charge is 0.356 e. The molecular weight excluding hydrogens is 432 g/mol. The van der Waals surface area contributed by atoms with Crippen LogP contribution in [0.2, 0.25) is 5.15 Å². The molecule has 2 N–H and O–H groups in total. The number of carbonyl (C=O) groups is 1. The van der Waals surface area contributed by atoms with Crippen LogP contribution in [0.1, 0.15) is 40.1 Å². The second kappa shape index (κ2) is 8.12. The summed E-state index contributed by atoms with van der Waals surface area (Å²) in [7, 11) is 1.79. The number of aryl methyl sites for hydroxylation is 2. The lowest BCUT2D eigenvalue weighted by Gasteiger charge is -2.19. The molecule has 9 heteroatoms. The normalized spacial score (nSPS) is 12.2. The number of nitrogens with one attached hydrogen (secondary N) is 1. The number of nitrogens with zero attached hydrogens (tertiary/aromatic N) is 3. The molecule has 0 amide bonds. The van der Waals surface area contributed by atoms with Crippen molar-refractivity contribution in [1.29, 1.82) is 0 Å². The van der Waals surface area contributed by atoms with E-state index in [1.54, 1.807) is 43.0 Å². The summed E-state index contributed by atoms with van der Waals surface area (Å²) in [5.74, 6) is -0.796. The van der Waals surface area contributed by atoms with Crippen molar-refractivity contribution in [3.8, 4) is 11.5 Å². The largest absolute Gasteiger partial charge is 0.476 e. The average molecular weight is 453 g/mol. The second-order valence-electron chi connectivity index (χ2n) is 7.69. The third-order valence-electron chi connectivity index (χ3n) is 5.24. The minimum atomic E-state index is -1.20. The first kappa shape index (κ1) is 21.6. The van der Waals surface area contributed by atoms with Crippen molar-refractivity contribution < 1.29 is 14.3 Å². The van der Waals surface area contributed by atoms with Gasteiger partial charge in [-0.05, 0) is 50.6 Å². The number of carboxylic acids is 1. The lowest BCUT2D eigenvalue weighted by atomic mass is 9.99. The molecule has 164 valence electrons. The van der Waals surface area contributed by atoms with Crippen molar-refractivity contribution in [1.82, 2.24) is 14.8 Å². The Morgan fingerprint density at radius 1 is 1.25 bits per heavy atom. The van der Waals surface area contributed by atoms with Crippen molar-refractivity contribution >= 4 is 34.2 Å². The standard InChI is InChI=1S/C23H21ClN4O4/c1-11-9-14(13(3)25-16-5-6-18(24)26-19(16)23(30)31)22-15(10-11)20(29)12(2)21(32-22)17-7-8-28(4)27-17/h5-10,13,25H,1-4H3,(H,30,31). The molecule has 0 radical (unpaired) electrons. The highest BCUT2D eigenvalue weighted by Gasteiger charge is 2.21. The minimum Gasteiger partial charge on any atom is -0.476 e. The van der Waals surface area contributed by atoms with Gasteiger partial charge in [0.1, 0.15) is 16.4 Å². The van der Waals surface area contributed by atoms with Crippen LogP contribution in [0.25, 0.3) is 22.4 Å². The molecule has 0 saturated heterocycles. The first-order valence-corrected chi connectivity index (χ1v) is 10.3. The maximum Gasteiger partial charge on any atom is 0.356 e. The van der Waals surface area contributed by atoms with E-state index in [-0.39, 0.29) is 16.3 Å². The van der Waals surface area contributed by atoms with Gasteiger partial charge < -0.3 is 14.8 Å². The molecule has 0 aliphatic heterocycles. The molecule has 8 nitrogen and oxygen atoms in total. The van der Waals surface area contributed by atoms with E-state index in [1.807, 2.05) is 19.9 Å². The van der Waals surface area contributed by atoms with Gasteiger partial charge >= 0.3 is 5.97 Å². The van der Waals surface area contributed by atoms with Gasteiger partial charge in [-0.3, -0.25) is 9.48 Å². The molecule has 4 rings (SSSR count). The Hall–Kier alpha value is -3.65. The van der Waals surface area contributed by atoms with Crippen LogP contribution in [0.4, 0.5) is 5.69 Å². The molecule has 0 saturated carbocycles. The highest BCUT2D eigenvalue weighted by atomic mass is 35.5. The molecule has 0 spiro atoms. The third kappa shape index (κ3) is 3.85. The Kier molecular flexibility index (Phi) is 5.48. The molecule has 4 aromatic rings. The van der Waals surface area contributed by atoms with Crippen molar-refractivity contribution in [3.05, 3.63) is 74.3 Å². The number of carboxylic acid groups (broad SMARTS) is 1. The second-order valence-corrected chi connectivity index (χ2v) is 8.08. The van der Waals surface area contributed by atoms with Gasteiger partial charge in [0.15, 0.2) is 16.9 Å².